The summed E-state index contributed by atoms with van der Waals surface area (Å²) in [5.74, 6) is 0.696. The van der Waals surface area contributed by atoms with Crippen LogP contribution in [0.15, 0.2) is 39.5 Å². The Morgan fingerprint density at radius 2 is 2.00 bits per heavy atom. The van der Waals surface area contributed by atoms with Crippen molar-refractivity contribution in [3.05, 3.63) is 30.1 Å². The van der Waals surface area contributed by atoms with Gasteiger partial charge in [0.05, 0.1) is 11.0 Å². The third kappa shape index (κ3) is 1.23. The number of aliphatic imine (C=N–C) groups is 1. The molecule has 6 nitrogen and oxygen atoms in total. The first-order valence-corrected chi connectivity index (χ1v) is 4.32. The summed E-state index contributed by atoms with van der Waals surface area (Å²) in [5, 5.41) is 6.90. The maximum atomic E-state index is 10.8. The Balaban J connectivity index is 2.17. The van der Waals surface area contributed by atoms with E-state index in [9.17, 15) is 4.79 Å². The molecule has 2 heterocycles. The van der Waals surface area contributed by atoms with Crippen LogP contribution in [0, 0.1) is 0 Å². The van der Waals surface area contributed by atoms with Crippen LogP contribution in [0.3, 0.4) is 0 Å². The third-order valence-corrected chi connectivity index (χ3v) is 2.03. The number of urea groups is 1. The number of nitrogens with zero attached hydrogens (tertiary/aromatic N) is 4. The highest BCUT2D eigenvalue weighted by atomic mass is 16.2. The number of aromatic amines is 1. The van der Waals surface area contributed by atoms with Crippen LogP contribution in [0.1, 0.15) is 5.82 Å². The van der Waals surface area contributed by atoms with Crippen molar-refractivity contribution in [2.75, 3.05) is 0 Å². The fraction of sp³-hybridized carbons (Fsp3) is 0. The Morgan fingerprint density at radius 3 is 2.73 bits per heavy atom. The number of rotatable bonds is 1. The second-order valence-corrected chi connectivity index (χ2v) is 3.02. The summed E-state index contributed by atoms with van der Waals surface area (Å²) >= 11 is 0. The van der Waals surface area contributed by atoms with E-state index in [4.69, 9.17) is 0 Å². The molecule has 0 spiro atoms. The van der Waals surface area contributed by atoms with E-state index < -0.39 is 6.03 Å². The minimum Gasteiger partial charge on any atom is -0.335 e. The SMILES string of the molecule is O=C1N=NC(c2nc3ccccc3[nH]2)=N1. The van der Waals surface area contributed by atoms with Gasteiger partial charge in [0.1, 0.15) is 0 Å². The molecule has 1 N–H and O–H groups in total. The molecule has 1 aromatic carbocycles. The van der Waals surface area contributed by atoms with Gasteiger partial charge in [0.2, 0.25) is 5.84 Å². The van der Waals surface area contributed by atoms with Crippen LogP contribution in [0.25, 0.3) is 11.0 Å². The zero-order valence-electron chi connectivity index (χ0n) is 7.51. The number of amides is 2. The fourth-order valence-corrected chi connectivity index (χ4v) is 1.38. The molecule has 3 rings (SSSR count). The van der Waals surface area contributed by atoms with Crippen LogP contribution in [-0.4, -0.2) is 21.8 Å². The van der Waals surface area contributed by atoms with Crippen molar-refractivity contribution >= 4 is 22.9 Å². The maximum absolute atomic E-state index is 10.8. The van der Waals surface area contributed by atoms with Crippen LogP contribution in [0.2, 0.25) is 0 Å². The lowest BCUT2D eigenvalue weighted by atomic mass is 10.3. The molecule has 0 aliphatic carbocycles. The Bertz CT molecular complexity index is 577. The van der Waals surface area contributed by atoms with Crippen molar-refractivity contribution in [2.45, 2.75) is 0 Å². The van der Waals surface area contributed by atoms with Crippen LogP contribution >= 0.6 is 0 Å². The van der Waals surface area contributed by atoms with Crippen molar-refractivity contribution in [1.29, 1.82) is 0 Å². The van der Waals surface area contributed by atoms with E-state index in [1.807, 2.05) is 24.3 Å². The van der Waals surface area contributed by atoms with Gasteiger partial charge in [-0.05, 0) is 12.1 Å². The van der Waals surface area contributed by atoms with Crippen LogP contribution in [-0.2, 0) is 0 Å². The number of fused-ring (bicyclic) bond motifs is 1. The van der Waals surface area contributed by atoms with Gasteiger partial charge < -0.3 is 4.98 Å². The molecular formula is C9H5N5O. The molecular weight excluding hydrogens is 194 g/mol. The van der Waals surface area contributed by atoms with Crippen LogP contribution < -0.4 is 0 Å². The lowest BCUT2D eigenvalue weighted by Gasteiger charge is -1.84. The molecule has 6 heteroatoms. The van der Waals surface area contributed by atoms with Gasteiger partial charge in [-0.2, -0.15) is 4.99 Å². The maximum Gasteiger partial charge on any atom is 0.387 e. The highest BCUT2D eigenvalue weighted by molar-refractivity contribution is 6.07. The summed E-state index contributed by atoms with van der Waals surface area (Å²) < 4.78 is 0. The first kappa shape index (κ1) is 7.98. The molecule has 1 aliphatic heterocycles. The van der Waals surface area contributed by atoms with Gasteiger partial charge in [0.25, 0.3) is 0 Å². The highest BCUT2D eigenvalue weighted by Gasteiger charge is 2.15. The van der Waals surface area contributed by atoms with E-state index >= 15 is 0 Å². The molecule has 2 amide bonds. The summed E-state index contributed by atoms with van der Waals surface area (Å²) in [6.45, 7) is 0. The van der Waals surface area contributed by atoms with Crippen molar-refractivity contribution in [3.63, 3.8) is 0 Å². The molecule has 15 heavy (non-hydrogen) atoms. The summed E-state index contributed by atoms with van der Waals surface area (Å²) in [4.78, 5) is 21.6. The standard InChI is InChI=1S/C9H5N5O/c15-9-12-8(13-14-9)7-10-5-3-1-2-4-6(5)11-7/h1-4H,(H,10,11). The lowest BCUT2D eigenvalue weighted by Crippen LogP contribution is -1.96. The number of carbonyl (C=O) groups is 1. The van der Waals surface area contributed by atoms with Crippen molar-refractivity contribution in [2.24, 2.45) is 15.2 Å². The summed E-state index contributed by atoms with van der Waals surface area (Å²) in [6, 6.07) is 6.94. The van der Waals surface area contributed by atoms with E-state index in [0.29, 0.717) is 5.82 Å². The minimum absolute atomic E-state index is 0.233. The Labute approximate surface area is 83.8 Å². The number of azo groups is 1. The second-order valence-electron chi connectivity index (χ2n) is 3.02. The molecule has 0 radical (unpaired) electrons. The molecule has 0 saturated carbocycles. The molecule has 0 saturated heterocycles. The third-order valence-electron chi connectivity index (χ3n) is 2.03. The van der Waals surface area contributed by atoms with E-state index in [2.05, 4.69) is 25.2 Å². The van der Waals surface area contributed by atoms with E-state index in [1.54, 1.807) is 0 Å². The average Bonchev–Trinajstić information content (AvgIpc) is 2.82. The predicted octanol–water partition coefficient (Wildman–Crippen LogP) is 1.90. The number of H-pyrrole nitrogens is 1. The molecule has 1 aromatic heterocycles. The smallest absolute Gasteiger partial charge is 0.335 e. The number of hydrogen-bond acceptors (Lipinski definition) is 3. The zero-order valence-corrected chi connectivity index (χ0v) is 7.51. The monoisotopic (exact) mass is 199 g/mol. The number of hydrogen-bond donors (Lipinski definition) is 1. The Kier molecular flexibility index (Phi) is 1.49. The summed E-state index contributed by atoms with van der Waals surface area (Å²) in [7, 11) is 0. The average molecular weight is 199 g/mol. The Hall–Kier alpha value is -2.37. The highest BCUT2D eigenvalue weighted by Crippen LogP contribution is 2.13. The van der Waals surface area contributed by atoms with Gasteiger partial charge in [0.15, 0.2) is 5.82 Å². The quantitative estimate of drug-likeness (QED) is 0.760. The van der Waals surface area contributed by atoms with E-state index in [1.165, 1.54) is 0 Å². The molecule has 0 unspecified atom stereocenters. The molecule has 1 aliphatic rings. The van der Waals surface area contributed by atoms with Gasteiger partial charge in [0, 0.05) is 0 Å². The van der Waals surface area contributed by atoms with Gasteiger partial charge in [-0.15, -0.1) is 5.11 Å². The number of para-hydroxylation sites is 2. The number of aromatic nitrogens is 2. The largest absolute Gasteiger partial charge is 0.387 e. The molecule has 72 valence electrons. The number of imidazole rings is 1. The van der Waals surface area contributed by atoms with Gasteiger partial charge in [-0.3, -0.25) is 0 Å². The van der Waals surface area contributed by atoms with Crippen molar-refractivity contribution in [1.82, 2.24) is 9.97 Å². The molecule has 0 atom stereocenters. The molecule has 0 bridgehead atoms. The number of nitrogens with one attached hydrogen (secondary N) is 1. The number of carbonyl (C=O) groups excluding carboxylic acids is 1. The van der Waals surface area contributed by atoms with Gasteiger partial charge in [-0.1, -0.05) is 17.2 Å². The molecule has 2 aromatic rings. The number of amidine groups is 1. The first-order valence-electron chi connectivity index (χ1n) is 4.32. The van der Waals surface area contributed by atoms with Crippen LogP contribution in [0.4, 0.5) is 4.79 Å². The number of benzene rings is 1. The topological polar surface area (TPSA) is 82.8 Å². The minimum atomic E-state index is -0.592. The second kappa shape index (κ2) is 2.81. The fourth-order valence-electron chi connectivity index (χ4n) is 1.38. The normalized spacial score (nSPS) is 14.9. The van der Waals surface area contributed by atoms with Crippen LogP contribution in [0.5, 0.6) is 0 Å². The van der Waals surface area contributed by atoms with Crippen molar-refractivity contribution in [3.8, 4) is 0 Å². The summed E-state index contributed by atoms with van der Waals surface area (Å²) in [5.41, 5.74) is 1.69. The van der Waals surface area contributed by atoms with E-state index in [-0.39, 0.29) is 5.84 Å². The van der Waals surface area contributed by atoms with Crippen molar-refractivity contribution < 1.29 is 4.79 Å². The van der Waals surface area contributed by atoms with Gasteiger partial charge >= 0.3 is 6.03 Å². The lowest BCUT2D eigenvalue weighted by molar-refractivity contribution is 0.257. The van der Waals surface area contributed by atoms with Gasteiger partial charge in [-0.25, -0.2) is 9.78 Å². The predicted molar refractivity (Wildman–Crippen MR) is 52.9 cm³/mol. The molecule has 0 fully saturated rings. The Morgan fingerprint density at radius 1 is 1.13 bits per heavy atom. The summed E-state index contributed by atoms with van der Waals surface area (Å²) in [6.07, 6.45) is 0. The first-order chi connectivity index (χ1) is 7.33. The van der Waals surface area contributed by atoms with E-state index in [0.717, 1.165) is 11.0 Å². The zero-order chi connectivity index (χ0) is 10.3.